The van der Waals surface area contributed by atoms with E-state index < -0.39 is 0 Å². The van der Waals surface area contributed by atoms with E-state index in [2.05, 4.69) is 49.1 Å². The summed E-state index contributed by atoms with van der Waals surface area (Å²) in [7, 11) is 0. The Kier molecular flexibility index (Phi) is 2.88. The largest absolute Gasteiger partial charge is 0.340 e. The predicted molar refractivity (Wildman–Crippen MR) is 75.6 cm³/mol. The van der Waals surface area contributed by atoms with Gasteiger partial charge < -0.3 is 4.98 Å². The third kappa shape index (κ3) is 2.29. The number of imidazole rings is 1. The second-order valence-corrected chi connectivity index (χ2v) is 5.29. The van der Waals surface area contributed by atoms with Crippen molar-refractivity contribution in [3.63, 3.8) is 0 Å². The van der Waals surface area contributed by atoms with Crippen LogP contribution in [0.3, 0.4) is 0 Å². The summed E-state index contributed by atoms with van der Waals surface area (Å²) in [5.41, 5.74) is 4.16. The van der Waals surface area contributed by atoms with Crippen LogP contribution in [-0.4, -0.2) is 15.0 Å². The van der Waals surface area contributed by atoms with Gasteiger partial charge in [-0.05, 0) is 36.2 Å². The number of fused-ring (bicyclic) bond motifs is 1. The maximum absolute atomic E-state index is 4.49. The van der Waals surface area contributed by atoms with Crippen LogP contribution in [-0.2, 0) is 6.42 Å². The number of halogens is 1. The van der Waals surface area contributed by atoms with Crippen molar-refractivity contribution in [1.29, 1.82) is 0 Å². The standard InChI is InChI=1S/C14H12BrN3/c1-9-6-12-14(16-8-9)18-13(17-12)7-10-2-4-11(15)5-3-10/h2-6,8H,7H2,1H3,(H,16,17,18). The molecule has 0 aliphatic heterocycles. The molecule has 0 aliphatic rings. The molecular weight excluding hydrogens is 290 g/mol. The van der Waals surface area contributed by atoms with E-state index in [1.807, 2.05) is 25.3 Å². The molecule has 0 amide bonds. The van der Waals surface area contributed by atoms with Crippen molar-refractivity contribution in [2.24, 2.45) is 0 Å². The topological polar surface area (TPSA) is 41.6 Å². The first kappa shape index (κ1) is 11.4. The van der Waals surface area contributed by atoms with Crippen LogP contribution in [0.25, 0.3) is 11.2 Å². The minimum Gasteiger partial charge on any atom is -0.340 e. The van der Waals surface area contributed by atoms with Crippen molar-refractivity contribution >= 4 is 27.1 Å². The number of rotatable bonds is 2. The smallest absolute Gasteiger partial charge is 0.177 e. The van der Waals surface area contributed by atoms with E-state index in [0.717, 1.165) is 33.4 Å². The van der Waals surface area contributed by atoms with Crippen molar-refractivity contribution in [3.05, 3.63) is 58.0 Å². The predicted octanol–water partition coefficient (Wildman–Crippen LogP) is 3.62. The third-order valence-electron chi connectivity index (χ3n) is 2.81. The van der Waals surface area contributed by atoms with Crippen LogP contribution in [0.15, 0.2) is 41.0 Å². The fourth-order valence-corrected chi connectivity index (χ4v) is 2.20. The monoisotopic (exact) mass is 301 g/mol. The Balaban J connectivity index is 1.92. The molecule has 0 saturated carbocycles. The molecule has 2 aromatic heterocycles. The second kappa shape index (κ2) is 4.53. The van der Waals surface area contributed by atoms with Crippen LogP contribution in [0.2, 0.25) is 0 Å². The summed E-state index contributed by atoms with van der Waals surface area (Å²) in [4.78, 5) is 12.1. The zero-order chi connectivity index (χ0) is 12.5. The summed E-state index contributed by atoms with van der Waals surface area (Å²) in [6.07, 6.45) is 2.63. The van der Waals surface area contributed by atoms with Gasteiger partial charge in [-0.3, -0.25) is 0 Å². The molecule has 0 bridgehead atoms. The highest BCUT2D eigenvalue weighted by Crippen LogP contribution is 2.15. The molecule has 0 fully saturated rings. The summed E-state index contributed by atoms with van der Waals surface area (Å²) in [6, 6.07) is 10.3. The van der Waals surface area contributed by atoms with Gasteiger partial charge in [0.25, 0.3) is 0 Å². The average Bonchev–Trinajstić information content (AvgIpc) is 2.73. The van der Waals surface area contributed by atoms with Crippen LogP contribution >= 0.6 is 15.9 Å². The molecule has 0 aliphatic carbocycles. The molecule has 0 radical (unpaired) electrons. The molecule has 0 atom stereocenters. The number of H-pyrrole nitrogens is 1. The van der Waals surface area contributed by atoms with Gasteiger partial charge in [0.2, 0.25) is 0 Å². The van der Waals surface area contributed by atoms with Gasteiger partial charge >= 0.3 is 0 Å². The first-order valence-electron chi connectivity index (χ1n) is 5.76. The van der Waals surface area contributed by atoms with Gasteiger partial charge in [0.1, 0.15) is 5.82 Å². The number of hydrogen-bond acceptors (Lipinski definition) is 2. The third-order valence-corrected chi connectivity index (χ3v) is 3.34. The number of hydrogen-bond donors (Lipinski definition) is 1. The highest BCUT2D eigenvalue weighted by molar-refractivity contribution is 9.10. The number of aromatic nitrogens is 3. The Morgan fingerprint density at radius 1 is 1.22 bits per heavy atom. The first-order chi connectivity index (χ1) is 8.70. The number of benzene rings is 1. The van der Waals surface area contributed by atoms with Gasteiger partial charge in [-0.1, -0.05) is 28.1 Å². The molecule has 3 aromatic rings. The van der Waals surface area contributed by atoms with Crippen LogP contribution in [0, 0.1) is 6.92 Å². The Hall–Kier alpha value is -1.68. The zero-order valence-corrected chi connectivity index (χ0v) is 11.5. The second-order valence-electron chi connectivity index (χ2n) is 4.37. The molecule has 0 spiro atoms. The van der Waals surface area contributed by atoms with Gasteiger partial charge in [0, 0.05) is 17.1 Å². The Morgan fingerprint density at radius 2 is 2.00 bits per heavy atom. The van der Waals surface area contributed by atoms with Gasteiger partial charge in [-0.15, -0.1) is 0 Å². The number of aromatic amines is 1. The Morgan fingerprint density at radius 3 is 2.78 bits per heavy atom. The molecule has 1 N–H and O–H groups in total. The summed E-state index contributed by atoms with van der Waals surface area (Å²) >= 11 is 3.43. The summed E-state index contributed by atoms with van der Waals surface area (Å²) < 4.78 is 1.09. The lowest BCUT2D eigenvalue weighted by atomic mass is 10.1. The Labute approximate surface area is 113 Å². The van der Waals surface area contributed by atoms with Crippen molar-refractivity contribution in [3.8, 4) is 0 Å². The Bertz CT molecular complexity index is 686. The maximum atomic E-state index is 4.49. The molecule has 2 heterocycles. The van der Waals surface area contributed by atoms with Crippen molar-refractivity contribution in [2.45, 2.75) is 13.3 Å². The summed E-state index contributed by atoms with van der Waals surface area (Å²) in [6.45, 7) is 2.03. The number of pyridine rings is 1. The molecule has 3 rings (SSSR count). The van der Waals surface area contributed by atoms with Crippen molar-refractivity contribution in [2.75, 3.05) is 0 Å². The van der Waals surface area contributed by atoms with E-state index >= 15 is 0 Å². The van der Waals surface area contributed by atoms with E-state index in [4.69, 9.17) is 0 Å². The van der Waals surface area contributed by atoms with Gasteiger partial charge in [-0.25, -0.2) is 9.97 Å². The number of nitrogens with zero attached hydrogens (tertiary/aromatic N) is 2. The molecule has 1 aromatic carbocycles. The summed E-state index contributed by atoms with van der Waals surface area (Å²) in [5.74, 6) is 0.949. The van der Waals surface area contributed by atoms with Gasteiger partial charge in [-0.2, -0.15) is 0 Å². The maximum Gasteiger partial charge on any atom is 0.177 e. The normalized spacial score (nSPS) is 11.0. The molecule has 3 nitrogen and oxygen atoms in total. The molecule has 0 saturated heterocycles. The fourth-order valence-electron chi connectivity index (χ4n) is 1.93. The van der Waals surface area contributed by atoms with E-state index in [1.54, 1.807) is 0 Å². The average molecular weight is 302 g/mol. The lowest BCUT2D eigenvalue weighted by Crippen LogP contribution is -1.89. The van der Waals surface area contributed by atoms with Gasteiger partial charge in [0.15, 0.2) is 5.65 Å². The molecule has 90 valence electrons. The van der Waals surface area contributed by atoms with E-state index in [-0.39, 0.29) is 0 Å². The minimum absolute atomic E-state index is 0.785. The SMILES string of the molecule is Cc1cnc2nc(Cc3ccc(Br)cc3)[nH]c2c1. The number of aryl methyl sites for hydroxylation is 1. The van der Waals surface area contributed by atoms with E-state index in [0.29, 0.717) is 0 Å². The lowest BCUT2D eigenvalue weighted by molar-refractivity contribution is 1.03. The molecular formula is C14H12BrN3. The van der Waals surface area contributed by atoms with Crippen LogP contribution in [0.1, 0.15) is 17.0 Å². The first-order valence-corrected chi connectivity index (χ1v) is 6.56. The quantitative estimate of drug-likeness (QED) is 0.785. The van der Waals surface area contributed by atoms with Crippen LogP contribution in [0.5, 0.6) is 0 Å². The van der Waals surface area contributed by atoms with Gasteiger partial charge in [0.05, 0.1) is 5.52 Å². The molecule has 4 heteroatoms. The van der Waals surface area contributed by atoms with E-state index in [9.17, 15) is 0 Å². The molecule has 18 heavy (non-hydrogen) atoms. The van der Waals surface area contributed by atoms with Crippen LogP contribution < -0.4 is 0 Å². The summed E-state index contributed by atoms with van der Waals surface area (Å²) in [5, 5.41) is 0. The lowest BCUT2D eigenvalue weighted by Gasteiger charge is -1.97. The molecule has 0 unspecified atom stereocenters. The number of nitrogens with one attached hydrogen (secondary N) is 1. The highest BCUT2D eigenvalue weighted by Gasteiger charge is 2.04. The van der Waals surface area contributed by atoms with Crippen molar-refractivity contribution < 1.29 is 0 Å². The zero-order valence-electron chi connectivity index (χ0n) is 9.94. The minimum atomic E-state index is 0.785. The van der Waals surface area contributed by atoms with Crippen molar-refractivity contribution in [1.82, 2.24) is 15.0 Å². The highest BCUT2D eigenvalue weighted by atomic mass is 79.9. The van der Waals surface area contributed by atoms with E-state index in [1.165, 1.54) is 5.56 Å². The fraction of sp³-hybridized carbons (Fsp3) is 0.143. The van der Waals surface area contributed by atoms with Crippen LogP contribution in [0.4, 0.5) is 0 Å².